The Kier molecular flexibility index (Phi) is 6.21. The monoisotopic (exact) mass is 292 g/mol. The van der Waals surface area contributed by atoms with Crippen LogP contribution in [0.1, 0.15) is 31.1 Å². The normalized spacial score (nSPS) is 11.9. The summed E-state index contributed by atoms with van der Waals surface area (Å²) in [5.41, 5.74) is 0.510. The van der Waals surface area contributed by atoms with Crippen LogP contribution < -0.4 is 10.1 Å². The van der Waals surface area contributed by atoms with Crippen molar-refractivity contribution in [1.29, 1.82) is 0 Å². The molecule has 1 atom stereocenters. The summed E-state index contributed by atoms with van der Waals surface area (Å²) >= 11 is 0. The van der Waals surface area contributed by atoms with Gasteiger partial charge < -0.3 is 15.0 Å². The van der Waals surface area contributed by atoms with Gasteiger partial charge in [-0.25, -0.2) is 0 Å². The molecule has 1 N–H and O–H groups in total. The molecule has 0 radical (unpaired) electrons. The van der Waals surface area contributed by atoms with E-state index >= 15 is 0 Å². The number of rotatable bonds is 6. The minimum Gasteiger partial charge on any atom is -0.494 e. The molecule has 0 aromatic heterocycles. The fraction of sp³-hybridized carbons (Fsp3) is 0.500. The first-order chi connectivity index (χ1) is 9.86. The maximum absolute atomic E-state index is 12.2. The second-order valence-electron chi connectivity index (χ2n) is 5.39. The second-order valence-corrected chi connectivity index (χ2v) is 5.39. The smallest absolute Gasteiger partial charge is 0.251 e. The molecule has 0 aliphatic rings. The third-order valence-corrected chi connectivity index (χ3v) is 3.09. The Labute approximate surface area is 126 Å². The van der Waals surface area contributed by atoms with Gasteiger partial charge in [-0.3, -0.25) is 9.59 Å². The molecule has 5 heteroatoms. The molecule has 2 amide bonds. The van der Waals surface area contributed by atoms with E-state index in [9.17, 15) is 9.59 Å². The molecule has 0 heterocycles. The molecular formula is C16H24N2O3. The zero-order valence-electron chi connectivity index (χ0n) is 13.3. The Morgan fingerprint density at radius 1 is 1.19 bits per heavy atom. The Balaban J connectivity index is 2.80. The lowest BCUT2D eigenvalue weighted by molar-refractivity contribution is -0.131. The molecule has 116 valence electrons. The number of nitrogens with zero attached hydrogens (tertiary/aromatic N) is 1. The maximum atomic E-state index is 12.2. The molecule has 0 saturated heterocycles. The van der Waals surface area contributed by atoms with Gasteiger partial charge in [0.1, 0.15) is 11.8 Å². The van der Waals surface area contributed by atoms with Crippen molar-refractivity contribution in [3.63, 3.8) is 0 Å². The minimum atomic E-state index is -0.529. The summed E-state index contributed by atoms with van der Waals surface area (Å²) in [5.74, 6) is 0.376. The van der Waals surface area contributed by atoms with Crippen molar-refractivity contribution in [2.45, 2.75) is 26.8 Å². The van der Waals surface area contributed by atoms with E-state index in [-0.39, 0.29) is 17.7 Å². The highest BCUT2D eigenvalue weighted by molar-refractivity contribution is 5.97. The van der Waals surface area contributed by atoms with E-state index in [1.807, 2.05) is 20.8 Å². The van der Waals surface area contributed by atoms with Gasteiger partial charge in [-0.1, -0.05) is 13.8 Å². The van der Waals surface area contributed by atoms with Gasteiger partial charge in [0.25, 0.3) is 5.91 Å². The topological polar surface area (TPSA) is 58.6 Å². The highest BCUT2D eigenvalue weighted by Crippen LogP contribution is 2.13. The van der Waals surface area contributed by atoms with E-state index < -0.39 is 6.04 Å². The van der Waals surface area contributed by atoms with E-state index in [4.69, 9.17) is 4.74 Å². The standard InChI is InChI=1S/C16H24N2O3/c1-6-21-13-9-7-12(8-10-13)15(19)17-14(11(2)3)16(20)18(4)5/h7-11,14H,6H2,1-5H3,(H,17,19). The largest absolute Gasteiger partial charge is 0.494 e. The highest BCUT2D eigenvalue weighted by atomic mass is 16.5. The first kappa shape index (κ1) is 17.0. The van der Waals surface area contributed by atoms with Crippen molar-refractivity contribution in [3.8, 4) is 5.75 Å². The van der Waals surface area contributed by atoms with Gasteiger partial charge in [0, 0.05) is 19.7 Å². The molecule has 0 aliphatic heterocycles. The zero-order chi connectivity index (χ0) is 16.0. The summed E-state index contributed by atoms with van der Waals surface area (Å²) in [6.45, 7) is 6.30. The molecule has 1 rings (SSSR count). The van der Waals surface area contributed by atoms with E-state index in [0.29, 0.717) is 12.2 Å². The van der Waals surface area contributed by atoms with E-state index in [1.165, 1.54) is 4.90 Å². The lowest BCUT2D eigenvalue weighted by Gasteiger charge is -2.24. The summed E-state index contributed by atoms with van der Waals surface area (Å²) < 4.78 is 5.34. The fourth-order valence-corrected chi connectivity index (χ4v) is 1.89. The molecule has 0 saturated carbocycles. The average Bonchev–Trinajstić information content (AvgIpc) is 2.44. The van der Waals surface area contributed by atoms with E-state index in [2.05, 4.69) is 5.32 Å². The molecule has 1 aromatic rings. The van der Waals surface area contributed by atoms with Crippen molar-refractivity contribution < 1.29 is 14.3 Å². The number of likely N-dealkylation sites (N-methyl/N-ethyl adjacent to an activating group) is 1. The van der Waals surface area contributed by atoms with Crippen LogP contribution in [0.25, 0.3) is 0 Å². The quantitative estimate of drug-likeness (QED) is 0.871. The van der Waals surface area contributed by atoms with Crippen LogP contribution >= 0.6 is 0 Å². The lowest BCUT2D eigenvalue weighted by atomic mass is 10.0. The number of carbonyl (C=O) groups excluding carboxylic acids is 2. The molecular weight excluding hydrogens is 268 g/mol. The van der Waals surface area contributed by atoms with Crippen molar-refractivity contribution in [1.82, 2.24) is 10.2 Å². The molecule has 5 nitrogen and oxygen atoms in total. The highest BCUT2D eigenvalue weighted by Gasteiger charge is 2.25. The maximum Gasteiger partial charge on any atom is 0.251 e. The van der Waals surface area contributed by atoms with Crippen LogP contribution in [0.2, 0.25) is 0 Å². The summed E-state index contributed by atoms with van der Waals surface area (Å²) in [5, 5.41) is 2.79. The van der Waals surface area contributed by atoms with E-state index in [0.717, 1.165) is 5.75 Å². The second kappa shape index (κ2) is 7.67. The third-order valence-electron chi connectivity index (χ3n) is 3.09. The summed E-state index contributed by atoms with van der Waals surface area (Å²) in [4.78, 5) is 25.8. The van der Waals surface area contributed by atoms with Crippen LogP contribution in [0, 0.1) is 5.92 Å². The van der Waals surface area contributed by atoms with Gasteiger partial charge >= 0.3 is 0 Å². The molecule has 21 heavy (non-hydrogen) atoms. The first-order valence-corrected chi connectivity index (χ1v) is 7.11. The molecule has 0 bridgehead atoms. The Hall–Kier alpha value is -2.04. The van der Waals surface area contributed by atoms with Crippen LogP contribution in [0.15, 0.2) is 24.3 Å². The zero-order valence-corrected chi connectivity index (χ0v) is 13.3. The lowest BCUT2D eigenvalue weighted by Crippen LogP contribution is -2.49. The Morgan fingerprint density at radius 3 is 2.19 bits per heavy atom. The summed E-state index contributed by atoms with van der Waals surface area (Å²) in [6.07, 6.45) is 0. The third kappa shape index (κ3) is 4.77. The van der Waals surface area contributed by atoms with Crippen molar-refractivity contribution in [2.75, 3.05) is 20.7 Å². The van der Waals surface area contributed by atoms with Crippen molar-refractivity contribution in [3.05, 3.63) is 29.8 Å². The molecule has 1 unspecified atom stereocenters. The Bertz CT molecular complexity index is 481. The van der Waals surface area contributed by atoms with Crippen LogP contribution in [0.5, 0.6) is 5.75 Å². The average molecular weight is 292 g/mol. The van der Waals surface area contributed by atoms with Gasteiger partial charge in [-0.2, -0.15) is 0 Å². The van der Waals surface area contributed by atoms with Crippen LogP contribution in [0.4, 0.5) is 0 Å². The van der Waals surface area contributed by atoms with Gasteiger partial charge in [-0.15, -0.1) is 0 Å². The Morgan fingerprint density at radius 2 is 1.76 bits per heavy atom. The number of amides is 2. The number of benzene rings is 1. The van der Waals surface area contributed by atoms with Gasteiger partial charge in [0.2, 0.25) is 5.91 Å². The van der Waals surface area contributed by atoms with Crippen molar-refractivity contribution >= 4 is 11.8 Å². The van der Waals surface area contributed by atoms with Crippen LogP contribution in [-0.2, 0) is 4.79 Å². The number of hydrogen-bond acceptors (Lipinski definition) is 3. The summed E-state index contributed by atoms with van der Waals surface area (Å²) in [7, 11) is 3.36. The van der Waals surface area contributed by atoms with Gasteiger partial charge in [0.05, 0.1) is 6.61 Å². The van der Waals surface area contributed by atoms with Crippen LogP contribution in [0.3, 0.4) is 0 Å². The molecule has 1 aromatic carbocycles. The molecule has 0 spiro atoms. The SMILES string of the molecule is CCOc1ccc(C(=O)NC(C(=O)N(C)C)C(C)C)cc1. The number of nitrogens with one attached hydrogen (secondary N) is 1. The minimum absolute atomic E-state index is 0.0200. The predicted octanol–water partition coefficient (Wildman–Crippen LogP) is 1.93. The number of ether oxygens (including phenoxy) is 1. The molecule has 0 fully saturated rings. The van der Waals surface area contributed by atoms with E-state index in [1.54, 1.807) is 38.4 Å². The van der Waals surface area contributed by atoms with Crippen LogP contribution in [-0.4, -0.2) is 43.5 Å². The van der Waals surface area contributed by atoms with Gasteiger partial charge in [0.15, 0.2) is 0 Å². The number of carbonyl (C=O) groups is 2. The van der Waals surface area contributed by atoms with Crippen molar-refractivity contribution in [2.24, 2.45) is 5.92 Å². The first-order valence-electron chi connectivity index (χ1n) is 7.11. The summed E-state index contributed by atoms with van der Waals surface area (Å²) in [6, 6.07) is 6.35. The predicted molar refractivity (Wildman–Crippen MR) is 82.4 cm³/mol. The fourth-order valence-electron chi connectivity index (χ4n) is 1.89. The number of hydrogen-bond donors (Lipinski definition) is 1. The van der Waals surface area contributed by atoms with Gasteiger partial charge in [-0.05, 0) is 37.1 Å². The molecule has 0 aliphatic carbocycles.